The Morgan fingerprint density at radius 3 is 2.67 bits per heavy atom. The number of para-hydroxylation sites is 1. The summed E-state index contributed by atoms with van der Waals surface area (Å²) in [6.45, 7) is 4.20. The second kappa shape index (κ2) is 7.24. The average Bonchev–Trinajstić information content (AvgIpc) is 3.10. The van der Waals surface area contributed by atoms with Crippen molar-refractivity contribution in [2.75, 3.05) is 5.48 Å². The number of benzene rings is 4. The van der Waals surface area contributed by atoms with Gasteiger partial charge in [-0.3, -0.25) is 10.3 Å². The summed E-state index contributed by atoms with van der Waals surface area (Å²) in [4.78, 5) is 9.18. The molecule has 5 rings (SSSR count). The summed E-state index contributed by atoms with van der Waals surface area (Å²) < 4.78 is 0. The summed E-state index contributed by atoms with van der Waals surface area (Å²) in [6.07, 6.45) is 0. The molecule has 5 heteroatoms. The Labute approximate surface area is 179 Å². The Morgan fingerprint density at radius 2 is 1.83 bits per heavy atom. The number of aryl methyl sites for hydroxylation is 2. The fraction of sp³-hybridized carbons (Fsp3) is 0.120. The lowest BCUT2D eigenvalue weighted by atomic mass is 9.98. The first kappa shape index (κ1) is 18.8. The molecule has 0 saturated heterocycles. The van der Waals surface area contributed by atoms with E-state index in [-0.39, 0.29) is 12.4 Å². The van der Waals surface area contributed by atoms with Gasteiger partial charge in [-0.2, -0.15) is 0 Å². The van der Waals surface area contributed by atoms with Gasteiger partial charge in [0.05, 0.1) is 11.2 Å². The van der Waals surface area contributed by atoms with Crippen molar-refractivity contribution in [3.8, 4) is 5.75 Å². The first-order valence-corrected chi connectivity index (χ1v) is 10.2. The standard InChI is InChI=1S/C25H21ClN2O2/c1-14-5-3-4-6-21(14)28-30-13-17-11-16-7-9-19-20-12-18(26)8-10-22(20)27-24(19)23(16)15(2)25(17)29/h3-12,27-29H,13H2,1-2H3. The van der Waals surface area contributed by atoms with Crippen molar-refractivity contribution in [1.29, 1.82) is 0 Å². The van der Waals surface area contributed by atoms with Crippen molar-refractivity contribution < 1.29 is 9.94 Å². The van der Waals surface area contributed by atoms with Crippen LogP contribution in [0.3, 0.4) is 0 Å². The molecule has 5 aromatic rings. The Balaban J connectivity index is 1.55. The van der Waals surface area contributed by atoms with Crippen molar-refractivity contribution in [3.05, 3.63) is 82.4 Å². The number of fused-ring (bicyclic) bond motifs is 5. The lowest BCUT2D eigenvalue weighted by molar-refractivity contribution is 0.177. The van der Waals surface area contributed by atoms with Gasteiger partial charge in [-0.1, -0.05) is 41.9 Å². The minimum Gasteiger partial charge on any atom is -0.507 e. The monoisotopic (exact) mass is 416 g/mol. The molecule has 0 saturated carbocycles. The molecule has 0 aliphatic rings. The molecule has 0 radical (unpaired) electrons. The van der Waals surface area contributed by atoms with Crippen LogP contribution >= 0.6 is 11.6 Å². The van der Waals surface area contributed by atoms with E-state index in [2.05, 4.69) is 22.6 Å². The number of halogens is 1. The predicted octanol–water partition coefficient (Wildman–Crippen LogP) is 6.99. The Morgan fingerprint density at radius 1 is 1.00 bits per heavy atom. The van der Waals surface area contributed by atoms with Gasteiger partial charge in [-0.25, -0.2) is 0 Å². The van der Waals surface area contributed by atoms with E-state index in [1.165, 1.54) is 0 Å². The van der Waals surface area contributed by atoms with Gasteiger partial charge in [0.2, 0.25) is 0 Å². The number of hydrogen-bond acceptors (Lipinski definition) is 3. The zero-order chi connectivity index (χ0) is 20.8. The fourth-order valence-corrected chi connectivity index (χ4v) is 4.26. The smallest absolute Gasteiger partial charge is 0.124 e. The molecule has 0 amide bonds. The van der Waals surface area contributed by atoms with Crippen LogP contribution in [-0.4, -0.2) is 10.1 Å². The zero-order valence-corrected chi connectivity index (χ0v) is 17.5. The van der Waals surface area contributed by atoms with E-state index in [0.717, 1.165) is 55.0 Å². The summed E-state index contributed by atoms with van der Waals surface area (Å²) in [5, 5.41) is 15.8. The van der Waals surface area contributed by atoms with Gasteiger partial charge < -0.3 is 10.1 Å². The number of aromatic amines is 1. The normalized spacial score (nSPS) is 11.6. The van der Waals surface area contributed by atoms with Crippen LogP contribution in [0.2, 0.25) is 5.02 Å². The number of aromatic nitrogens is 1. The number of anilines is 1. The summed E-state index contributed by atoms with van der Waals surface area (Å²) in [5.74, 6) is 0.248. The van der Waals surface area contributed by atoms with E-state index in [0.29, 0.717) is 5.02 Å². The molecule has 0 unspecified atom stereocenters. The van der Waals surface area contributed by atoms with Gasteiger partial charge in [0.25, 0.3) is 0 Å². The number of nitrogens with one attached hydrogen (secondary N) is 2. The molecule has 0 atom stereocenters. The van der Waals surface area contributed by atoms with Crippen LogP contribution in [-0.2, 0) is 11.4 Å². The van der Waals surface area contributed by atoms with E-state index in [9.17, 15) is 5.11 Å². The van der Waals surface area contributed by atoms with Crippen LogP contribution in [0.25, 0.3) is 32.6 Å². The molecule has 4 nitrogen and oxygen atoms in total. The first-order valence-electron chi connectivity index (χ1n) is 9.81. The van der Waals surface area contributed by atoms with E-state index in [4.69, 9.17) is 16.4 Å². The molecule has 4 aromatic carbocycles. The summed E-state index contributed by atoms with van der Waals surface area (Å²) >= 11 is 6.20. The molecule has 0 aliphatic carbocycles. The molecule has 3 N–H and O–H groups in total. The van der Waals surface area contributed by atoms with Crippen LogP contribution in [0.15, 0.2) is 60.7 Å². The Hall–Kier alpha value is -3.21. The van der Waals surface area contributed by atoms with Gasteiger partial charge in [-0.05, 0) is 55.1 Å². The summed E-state index contributed by atoms with van der Waals surface area (Å²) in [7, 11) is 0. The maximum absolute atomic E-state index is 10.9. The van der Waals surface area contributed by atoms with Crippen molar-refractivity contribution in [2.45, 2.75) is 20.5 Å². The maximum Gasteiger partial charge on any atom is 0.124 e. The SMILES string of the molecule is Cc1ccccc1NOCc1cc2ccc3c4cc(Cl)ccc4[nH]c3c2c(C)c1O. The van der Waals surface area contributed by atoms with Crippen LogP contribution in [0.4, 0.5) is 5.69 Å². The van der Waals surface area contributed by atoms with E-state index in [1.807, 2.05) is 62.4 Å². The van der Waals surface area contributed by atoms with Crippen molar-refractivity contribution in [3.63, 3.8) is 0 Å². The number of aromatic hydroxyl groups is 1. The predicted molar refractivity (Wildman–Crippen MR) is 124 cm³/mol. The zero-order valence-electron chi connectivity index (χ0n) is 16.7. The number of H-pyrrole nitrogens is 1. The van der Waals surface area contributed by atoms with Gasteiger partial charge >= 0.3 is 0 Å². The second-order valence-corrected chi connectivity index (χ2v) is 8.05. The number of hydrogen-bond donors (Lipinski definition) is 3. The highest BCUT2D eigenvalue weighted by Gasteiger charge is 2.15. The molecule has 0 spiro atoms. The third-order valence-corrected chi connectivity index (χ3v) is 5.92. The third-order valence-electron chi connectivity index (χ3n) is 5.69. The lowest BCUT2D eigenvalue weighted by Gasteiger charge is -2.14. The highest BCUT2D eigenvalue weighted by molar-refractivity contribution is 6.32. The molecular weight excluding hydrogens is 396 g/mol. The quantitative estimate of drug-likeness (QED) is 0.276. The lowest BCUT2D eigenvalue weighted by Crippen LogP contribution is -2.03. The fourth-order valence-electron chi connectivity index (χ4n) is 4.08. The second-order valence-electron chi connectivity index (χ2n) is 7.62. The molecule has 1 heterocycles. The Bertz CT molecular complexity index is 1420. The topological polar surface area (TPSA) is 57.3 Å². The number of phenolic OH excluding ortho intramolecular Hbond substituents is 1. The minimum absolute atomic E-state index is 0.247. The first-order chi connectivity index (χ1) is 14.5. The maximum atomic E-state index is 10.9. The molecular formula is C25H21ClN2O2. The molecule has 0 bridgehead atoms. The molecule has 150 valence electrons. The summed E-state index contributed by atoms with van der Waals surface area (Å²) in [5.41, 5.74) is 8.57. The average molecular weight is 417 g/mol. The highest BCUT2D eigenvalue weighted by atomic mass is 35.5. The summed E-state index contributed by atoms with van der Waals surface area (Å²) in [6, 6.07) is 19.9. The van der Waals surface area contributed by atoms with E-state index in [1.54, 1.807) is 0 Å². The van der Waals surface area contributed by atoms with Gasteiger partial charge in [0.1, 0.15) is 12.4 Å². The van der Waals surface area contributed by atoms with Crippen molar-refractivity contribution >= 4 is 49.9 Å². The minimum atomic E-state index is 0.247. The van der Waals surface area contributed by atoms with Crippen LogP contribution < -0.4 is 5.48 Å². The van der Waals surface area contributed by atoms with Crippen molar-refractivity contribution in [2.24, 2.45) is 0 Å². The number of phenols is 1. The molecule has 1 aromatic heterocycles. The highest BCUT2D eigenvalue weighted by Crippen LogP contribution is 2.38. The van der Waals surface area contributed by atoms with Crippen LogP contribution in [0.1, 0.15) is 16.7 Å². The van der Waals surface area contributed by atoms with Crippen LogP contribution in [0.5, 0.6) is 5.75 Å². The largest absolute Gasteiger partial charge is 0.507 e. The van der Waals surface area contributed by atoms with Crippen molar-refractivity contribution in [1.82, 2.24) is 4.98 Å². The van der Waals surface area contributed by atoms with Gasteiger partial charge in [0.15, 0.2) is 0 Å². The van der Waals surface area contributed by atoms with Gasteiger partial charge in [0, 0.05) is 37.8 Å². The van der Waals surface area contributed by atoms with E-state index < -0.39 is 0 Å². The third kappa shape index (κ3) is 3.05. The van der Waals surface area contributed by atoms with Gasteiger partial charge in [-0.15, -0.1) is 0 Å². The van der Waals surface area contributed by atoms with Crippen LogP contribution in [0, 0.1) is 13.8 Å². The molecule has 0 aliphatic heterocycles. The Kier molecular flexibility index (Phi) is 4.54. The number of rotatable bonds is 4. The molecule has 0 fully saturated rings. The molecule has 30 heavy (non-hydrogen) atoms. The van der Waals surface area contributed by atoms with E-state index >= 15 is 0 Å².